The molecule has 1 amide bonds. The Morgan fingerprint density at radius 3 is 2.37 bits per heavy atom. The third-order valence-electron chi connectivity index (χ3n) is 4.98. The molecule has 0 bridgehead atoms. The molecular formula is C25H25ClN2O6S. The zero-order valence-corrected chi connectivity index (χ0v) is 21.0. The molecule has 0 heterocycles. The van der Waals surface area contributed by atoms with Crippen molar-refractivity contribution >= 4 is 44.9 Å². The molecule has 0 aliphatic carbocycles. The van der Waals surface area contributed by atoms with E-state index in [2.05, 4.69) is 5.32 Å². The van der Waals surface area contributed by atoms with E-state index >= 15 is 0 Å². The Bertz CT molecular complexity index is 1330. The van der Waals surface area contributed by atoms with E-state index < -0.39 is 28.4 Å². The van der Waals surface area contributed by atoms with Crippen LogP contribution in [0.25, 0.3) is 0 Å². The highest BCUT2D eigenvalue weighted by atomic mass is 35.5. The van der Waals surface area contributed by atoms with Gasteiger partial charge in [-0.15, -0.1) is 0 Å². The number of hydrogen-bond donors (Lipinski definition) is 1. The van der Waals surface area contributed by atoms with E-state index in [0.29, 0.717) is 11.4 Å². The highest BCUT2D eigenvalue weighted by Crippen LogP contribution is 2.32. The molecule has 3 aromatic rings. The summed E-state index contributed by atoms with van der Waals surface area (Å²) in [6.07, 6.45) is 0. The van der Waals surface area contributed by atoms with Crippen LogP contribution in [0.3, 0.4) is 0 Å². The zero-order chi connectivity index (χ0) is 25.6. The number of aryl methyl sites for hydroxylation is 1. The first-order chi connectivity index (χ1) is 16.6. The Kier molecular flexibility index (Phi) is 8.37. The second kappa shape index (κ2) is 11.2. The van der Waals surface area contributed by atoms with Gasteiger partial charge in [0, 0.05) is 5.69 Å². The summed E-state index contributed by atoms with van der Waals surface area (Å²) in [7, 11) is -2.68. The lowest BCUT2D eigenvalue weighted by molar-refractivity contribution is -0.114. The summed E-state index contributed by atoms with van der Waals surface area (Å²) in [6, 6.07) is 16.9. The van der Waals surface area contributed by atoms with Gasteiger partial charge in [0.2, 0.25) is 5.91 Å². The monoisotopic (exact) mass is 516 g/mol. The normalized spacial score (nSPS) is 11.0. The third kappa shape index (κ3) is 6.32. The van der Waals surface area contributed by atoms with Gasteiger partial charge in [-0.3, -0.25) is 9.10 Å². The van der Waals surface area contributed by atoms with Crippen LogP contribution < -0.4 is 14.4 Å². The average molecular weight is 517 g/mol. The summed E-state index contributed by atoms with van der Waals surface area (Å²) in [5.74, 6) is -0.781. The van der Waals surface area contributed by atoms with Crippen LogP contribution in [0.1, 0.15) is 22.8 Å². The van der Waals surface area contributed by atoms with Crippen molar-refractivity contribution < 1.29 is 27.5 Å². The molecule has 3 rings (SSSR count). The zero-order valence-electron chi connectivity index (χ0n) is 19.4. The van der Waals surface area contributed by atoms with E-state index in [0.717, 1.165) is 9.87 Å². The number of amides is 1. The first-order valence-electron chi connectivity index (χ1n) is 10.7. The number of ether oxygens (including phenoxy) is 2. The van der Waals surface area contributed by atoms with E-state index in [9.17, 15) is 18.0 Å². The molecule has 0 aliphatic rings. The van der Waals surface area contributed by atoms with Crippen molar-refractivity contribution in [1.29, 1.82) is 0 Å². The predicted octanol–water partition coefficient (Wildman–Crippen LogP) is 4.67. The summed E-state index contributed by atoms with van der Waals surface area (Å²) in [5, 5.41) is 2.83. The molecule has 0 saturated carbocycles. The summed E-state index contributed by atoms with van der Waals surface area (Å²) < 4.78 is 38.1. The Labute approximate surface area is 209 Å². The number of nitrogens with zero attached hydrogens (tertiary/aromatic N) is 1. The minimum atomic E-state index is -4.12. The van der Waals surface area contributed by atoms with Crippen LogP contribution in [0, 0.1) is 6.92 Å². The number of halogens is 1. The van der Waals surface area contributed by atoms with Gasteiger partial charge in [0.15, 0.2) is 0 Å². The Morgan fingerprint density at radius 2 is 1.74 bits per heavy atom. The molecule has 0 saturated heterocycles. The molecule has 0 radical (unpaired) electrons. The number of carbonyl (C=O) groups excluding carboxylic acids is 2. The van der Waals surface area contributed by atoms with Crippen LogP contribution in [-0.4, -0.2) is 40.6 Å². The summed E-state index contributed by atoms with van der Waals surface area (Å²) in [6.45, 7) is 3.21. The second-order valence-electron chi connectivity index (χ2n) is 7.49. The highest BCUT2D eigenvalue weighted by Gasteiger charge is 2.28. The van der Waals surface area contributed by atoms with Gasteiger partial charge in [0.1, 0.15) is 12.3 Å². The van der Waals surface area contributed by atoms with Crippen molar-refractivity contribution in [3.05, 3.63) is 82.9 Å². The lowest BCUT2D eigenvalue weighted by Gasteiger charge is -2.24. The fraction of sp³-hybridized carbons (Fsp3) is 0.200. The molecule has 0 aromatic heterocycles. The lowest BCUT2D eigenvalue weighted by atomic mass is 10.2. The van der Waals surface area contributed by atoms with Crippen molar-refractivity contribution in [2.45, 2.75) is 18.7 Å². The van der Waals surface area contributed by atoms with E-state index in [1.807, 2.05) is 6.92 Å². The van der Waals surface area contributed by atoms with Crippen molar-refractivity contribution in [3.8, 4) is 5.75 Å². The van der Waals surface area contributed by atoms with E-state index in [-0.39, 0.29) is 27.8 Å². The van der Waals surface area contributed by atoms with Crippen molar-refractivity contribution in [1.82, 2.24) is 0 Å². The second-order valence-corrected chi connectivity index (χ2v) is 9.76. The van der Waals surface area contributed by atoms with E-state index in [4.69, 9.17) is 21.1 Å². The van der Waals surface area contributed by atoms with Crippen molar-refractivity contribution in [3.63, 3.8) is 0 Å². The van der Waals surface area contributed by atoms with Gasteiger partial charge in [-0.2, -0.15) is 0 Å². The van der Waals surface area contributed by atoms with E-state index in [1.54, 1.807) is 37.3 Å². The summed E-state index contributed by atoms with van der Waals surface area (Å²) in [5.41, 5.74) is 1.66. The Morgan fingerprint density at radius 1 is 1.03 bits per heavy atom. The standard InChI is InChI=1S/C25H25ClN2O6S/c1-4-34-25(30)18-6-5-7-19(14-18)27-24(29)16-28(20-10-13-23(33-3)22(26)15-20)35(31,32)21-11-8-17(2)9-12-21/h5-15H,4,16H2,1-3H3,(H,27,29). The Balaban J connectivity index is 1.93. The summed E-state index contributed by atoms with van der Waals surface area (Å²) in [4.78, 5) is 25.0. The SMILES string of the molecule is CCOC(=O)c1cccc(NC(=O)CN(c2ccc(OC)c(Cl)c2)S(=O)(=O)c2ccc(C)cc2)c1. The maximum absolute atomic E-state index is 13.5. The third-order valence-corrected chi connectivity index (χ3v) is 7.06. The van der Waals surface area contributed by atoms with Crippen molar-refractivity contribution in [2.75, 3.05) is 29.9 Å². The molecule has 0 unspecified atom stereocenters. The first-order valence-corrected chi connectivity index (χ1v) is 12.5. The number of sulfonamides is 1. The summed E-state index contributed by atoms with van der Waals surface area (Å²) >= 11 is 6.24. The molecule has 3 aromatic carbocycles. The first kappa shape index (κ1) is 26.1. The van der Waals surface area contributed by atoms with Gasteiger partial charge in [-0.05, 0) is 62.4 Å². The minimum Gasteiger partial charge on any atom is -0.495 e. The number of rotatable bonds is 9. The fourth-order valence-electron chi connectivity index (χ4n) is 3.23. The van der Waals surface area contributed by atoms with Gasteiger partial charge < -0.3 is 14.8 Å². The van der Waals surface area contributed by atoms with Crippen LogP contribution in [0.5, 0.6) is 5.75 Å². The number of benzene rings is 3. The molecule has 0 aliphatic heterocycles. The van der Waals surface area contributed by atoms with Crippen LogP contribution in [0.15, 0.2) is 71.6 Å². The lowest BCUT2D eigenvalue weighted by Crippen LogP contribution is -2.38. The molecule has 184 valence electrons. The molecule has 35 heavy (non-hydrogen) atoms. The number of carbonyl (C=O) groups is 2. The number of hydrogen-bond acceptors (Lipinski definition) is 6. The molecule has 0 spiro atoms. The van der Waals surface area contributed by atoms with E-state index in [1.165, 1.54) is 43.5 Å². The molecule has 8 nitrogen and oxygen atoms in total. The van der Waals surface area contributed by atoms with Crippen molar-refractivity contribution in [2.24, 2.45) is 0 Å². The smallest absolute Gasteiger partial charge is 0.338 e. The topological polar surface area (TPSA) is 102 Å². The van der Waals surface area contributed by atoms with Crippen LogP contribution in [0.2, 0.25) is 5.02 Å². The number of nitrogens with one attached hydrogen (secondary N) is 1. The van der Waals surface area contributed by atoms with Crippen LogP contribution in [0.4, 0.5) is 11.4 Å². The van der Waals surface area contributed by atoms with Gasteiger partial charge in [0.25, 0.3) is 10.0 Å². The predicted molar refractivity (Wildman–Crippen MR) is 135 cm³/mol. The number of esters is 1. The molecule has 0 fully saturated rings. The van der Waals surface area contributed by atoms with Gasteiger partial charge in [-0.25, -0.2) is 13.2 Å². The van der Waals surface area contributed by atoms with Crippen LogP contribution in [-0.2, 0) is 19.6 Å². The molecular weight excluding hydrogens is 492 g/mol. The maximum atomic E-state index is 13.5. The quantitative estimate of drug-likeness (QED) is 0.415. The molecule has 0 atom stereocenters. The van der Waals surface area contributed by atoms with Gasteiger partial charge in [-0.1, -0.05) is 35.4 Å². The van der Waals surface area contributed by atoms with Gasteiger partial charge in [0.05, 0.1) is 34.9 Å². The Hall–Kier alpha value is -3.56. The largest absolute Gasteiger partial charge is 0.495 e. The number of methoxy groups -OCH3 is 1. The van der Waals surface area contributed by atoms with Gasteiger partial charge >= 0.3 is 5.97 Å². The number of anilines is 2. The molecule has 1 N–H and O–H groups in total. The average Bonchev–Trinajstić information content (AvgIpc) is 2.83. The maximum Gasteiger partial charge on any atom is 0.338 e. The minimum absolute atomic E-state index is 0.0205. The van der Waals surface area contributed by atoms with Crippen LogP contribution >= 0.6 is 11.6 Å². The molecule has 10 heteroatoms. The highest BCUT2D eigenvalue weighted by molar-refractivity contribution is 7.92. The fourth-order valence-corrected chi connectivity index (χ4v) is 4.90.